The molecule has 0 amide bonds. The van der Waals surface area contributed by atoms with Gasteiger partial charge >= 0.3 is 11.9 Å². The van der Waals surface area contributed by atoms with Crippen LogP contribution in [0.1, 0.15) is 62.1 Å². The lowest BCUT2D eigenvalue weighted by atomic mass is 10.4. The first-order valence-corrected chi connectivity index (χ1v) is 7.15. The molecule has 1 rings (SSSR count). The molecule has 6 nitrogen and oxygen atoms in total. The lowest BCUT2D eigenvalue weighted by Gasteiger charge is -1.99. The predicted octanol–water partition coefficient (Wildman–Crippen LogP) is 3.05. The summed E-state index contributed by atoms with van der Waals surface area (Å²) in [5.41, 5.74) is 0. The van der Waals surface area contributed by atoms with E-state index in [0.717, 1.165) is 0 Å². The molecule has 0 atom stereocenters. The van der Waals surface area contributed by atoms with Gasteiger partial charge in [-0.25, -0.2) is 9.59 Å². The van der Waals surface area contributed by atoms with Gasteiger partial charge in [0.2, 0.25) is 11.5 Å². The fourth-order valence-corrected chi connectivity index (χ4v) is 0.969. The maximum absolute atomic E-state index is 11.2. The molecule has 1 aromatic rings. The second-order valence-corrected chi connectivity index (χ2v) is 3.45. The van der Waals surface area contributed by atoms with Gasteiger partial charge in [0.05, 0.1) is 13.2 Å². The first-order valence-electron chi connectivity index (χ1n) is 7.15. The molecule has 0 bridgehead atoms. The van der Waals surface area contributed by atoms with Gasteiger partial charge in [0.15, 0.2) is 0 Å². The van der Waals surface area contributed by atoms with E-state index < -0.39 is 11.9 Å². The number of aliphatic hydroxyl groups is 1. The Balaban J connectivity index is 0. The smallest absolute Gasteiger partial charge is 0.374 e. The van der Waals surface area contributed by atoms with Gasteiger partial charge in [-0.1, -0.05) is 34.1 Å². The molecular formula is C15H26O6. The standard InChI is InChI=1S/C10H12O6.C3H8.C2H6/c1-2-14-9(12)7-3-4-8(16-7)10(13)15-6-5-11;1-3-2;1-2/h3-4,11H,2,5-6H2,1H3;3H2,1-2H3;1-2H3. The summed E-state index contributed by atoms with van der Waals surface area (Å²) >= 11 is 0. The molecule has 0 fully saturated rings. The number of carbonyl (C=O) groups is 2. The zero-order valence-corrected chi connectivity index (χ0v) is 13.5. The molecule has 122 valence electrons. The van der Waals surface area contributed by atoms with Gasteiger partial charge in [0.25, 0.3) is 0 Å². The topological polar surface area (TPSA) is 86.0 Å². The Morgan fingerprint density at radius 3 is 1.86 bits per heavy atom. The average Bonchev–Trinajstić information content (AvgIpc) is 2.98. The Kier molecular flexibility index (Phi) is 14.9. The third kappa shape index (κ3) is 9.67. The number of rotatable bonds is 5. The SMILES string of the molecule is CC.CCC.CCOC(=O)c1ccc(C(=O)OCCO)o1. The zero-order chi connectivity index (χ0) is 16.7. The maximum atomic E-state index is 11.2. The van der Waals surface area contributed by atoms with Crippen molar-refractivity contribution in [1.82, 2.24) is 0 Å². The second-order valence-electron chi connectivity index (χ2n) is 3.45. The summed E-state index contributed by atoms with van der Waals surface area (Å²) < 4.78 is 14.2. The molecule has 1 heterocycles. The van der Waals surface area contributed by atoms with Crippen molar-refractivity contribution in [2.24, 2.45) is 0 Å². The van der Waals surface area contributed by atoms with E-state index >= 15 is 0 Å². The van der Waals surface area contributed by atoms with Crippen molar-refractivity contribution in [1.29, 1.82) is 0 Å². The zero-order valence-electron chi connectivity index (χ0n) is 13.5. The van der Waals surface area contributed by atoms with E-state index in [1.807, 2.05) is 13.8 Å². The normalized spacial score (nSPS) is 8.67. The van der Waals surface area contributed by atoms with E-state index in [4.69, 9.17) is 9.52 Å². The van der Waals surface area contributed by atoms with Gasteiger partial charge < -0.3 is 19.0 Å². The van der Waals surface area contributed by atoms with E-state index in [1.54, 1.807) is 6.92 Å². The van der Waals surface area contributed by atoms with Crippen LogP contribution < -0.4 is 0 Å². The third-order valence-electron chi connectivity index (χ3n) is 1.61. The van der Waals surface area contributed by atoms with Crippen LogP contribution in [0.15, 0.2) is 16.5 Å². The fraction of sp³-hybridized carbons (Fsp3) is 0.600. The molecule has 1 aromatic heterocycles. The molecule has 0 aliphatic rings. The highest BCUT2D eigenvalue weighted by molar-refractivity contribution is 5.90. The molecule has 0 aromatic carbocycles. The van der Waals surface area contributed by atoms with E-state index in [-0.39, 0.29) is 31.3 Å². The van der Waals surface area contributed by atoms with Gasteiger partial charge in [-0.15, -0.1) is 0 Å². The fourth-order valence-electron chi connectivity index (χ4n) is 0.969. The molecule has 0 aliphatic carbocycles. The Labute approximate surface area is 126 Å². The minimum absolute atomic E-state index is 0.0576. The van der Waals surface area contributed by atoms with Crippen LogP contribution in [0.5, 0.6) is 0 Å². The van der Waals surface area contributed by atoms with Crippen molar-refractivity contribution in [2.45, 2.75) is 41.0 Å². The molecule has 0 spiro atoms. The Morgan fingerprint density at radius 2 is 1.48 bits per heavy atom. The average molecular weight is 302 g/mol. The number of carbonyl (C=O) groups excluding carboxylic acids is 2. The van der Waals surface area contributed by atoms with Crippen LogP contribution in [0.2, 0.25) is 0 Å². The molecule has 0 radical (unpaired) electrons. The third-order valence-corrected chi connectivity index (χ3v) is 1.61. The van der Waals surface area contributed by atoms with Gasteiger partial charge in [0, 0.05) is 0 Å². The van der Waals surface area contributed by atoms with Gasteiger partial charge in [-0.2, -0.15) is 0 Å². The summed E-state index contributed by atoms with van der Waals surface area (Å²) in [4.78, 5) is 22.4. The lowest BCUT2D eigenvalue weighted by molar-refractivity contribution is 0.0387. The number of furan rings is 1. The number of ether oxygens (including phenoxy) is 2. The summed E-state index contributed by atoms with van der Waals surface area (Å²) in [6.07, 6.45) is 1.25. The quantitative estimate of drug-likeness (QED) is 0.841. The summed E-state index contributed by atoms with van der Waals surface area (Å²) in [5, 5.41) is 8.44. The monoisotopic (exact) mass is 302 g/mol. The Bertz CT molecular complexity index is 383. The summed E-state index contributed by atoms with van der Waals surface area (Å²) in [6.45, 7) is 9.76. The van der Waals surface area contributed by atoms with E-state index in [2.05, 4.69) is 23.3 Å². The van der Waals surface area contributed by atoms with Crippen molar-refractivity contribution < 1.29 is 28.6 Å². The molecule has 1 N–H and O–H groups in total. The van der Waals surface area contributed by atoms with Crippen molar-refractivity contribution in [3.05, 3.63) is 23.7 Å². The molecule has 0 saturated heterocycles. The van der Waals surface area contributed by atoms with Crippen LogP contribution >= 0.6 is 0 Å². The number of aliphatic hydroxyl groups excluding tert-OH is 1. The Hall–Kier alpha value is -1.82. The first kappa shape index (κ1) is 21.5. The van der Waals surface area contributed by atoms with Crippen molar-refractivity contribution in [3.63, 3.8) is 0 Å². The van der Waals surface area contributed by atoms with Gasteiger partial charge in [-0.3, -0.25) is 0 Å². The predicted molar refractivity (Wildman–Crippen MR) is 79.3 cm³/mol. The van der Waals surface area contributed by atoms with Crippen molar-refractivity contribution in [2.75, 3.05) is 19.8 Å². The number of esters is 2. The summed E-state index contributed by atoms with van der Waals surface area (Å²) in [6, 6.07) is 2.64. The second kappa shape index (κ2) is 14.6. The lowest BCUT2D eigenvalue weighted by Crippen LogP contribution is -2.08. The molecule has 21 heavy (non-hydrogen) atoms. The van der Waals surface area contributed by atoms with E-state index in [9.17, 15) is 9.59 Å². The Morgan fingerprint density at radius 1 is 1.05 bits per heavy atom. The van der Waals surface area contributed by atoms with Crippen LogP contribution in [0, 0.1) is 0 Å². The maximum Gasteiger partial charge on any atom is 0.374 e. The molecule has 0 saturated carbocycles. The largest absolute Gasteiger partial charge is 0.460 e. The van der Waals surface area contributed by atoms with Crippen LogP contribution in [0.3, 0.4) is 0 Å². The number of hydrogen-bond donors (Lipinski definition) is 1. The van der Waals surface area contributed by atoms with Gasteiger partial charge in [0.1, 0.15) is 6.61 Å². The molecule has 6 heteroatoms. The van der Waals surface area contributed by atoms with Gasteiger partial charge in [-0.05, 0) is 19.1 Å². The van der Waals surface area contributed by atoms with Crippen molar-refractivity contribution >= 4 is 11.9 Å². The van der Waals surface area contributed by atoms with E-state index in [1.165, 1.54) is 18.6 Å². The number of hydrogen-bond acceptors (Lipinski definition) is 6. The van der Waals surface area contributed by atoms with Crippen LogP contribution in [0.4, 0.5) is 0 Å². The highest BCUT2D eigenvalue weighted by atomic mass is 16.6. The first-order chi connectivity index (χ1) is 10.1. The molecular weight excluding hydrogens is 276 g/mol. The van der Waals surface area contributed by atoms with E-state index in [0.29, 0.717) is 0 Å². The van der Waals surface area contributed by atoms with Crippen LogP contribution in [-0.4, -0.2) is 36.9 Å². The highest BCUT2D eigenvalue weighted by Crippen LogP contribution is 2.10. The minimum atomic E-state index is -0.732. The summed E-state index contributed by atoms with van der Waals surface area (Å²) in [5.74, 6) is -1.53. The van der Waals surface area contributed by atoms with Crippen molar-refractivity contribution in [3.8, 4) is 0 Å². The van der Waals surface area contributed by atoms with Crippen LogP contribution in [0.25, 0.3) is 0 Å². The molecule has 0 unspecified atom stereocenters. The summed E-state index contributed by atoms with van der Waals surface area (Å²) in [7, 11) is 0. The minimum Gasteiger partial charge on any atom is -0.460 e. The van der Waals surface area contributed by atoms with Crippen LogP contribution in [-0.2, 0) is 9.47 Å². The highest BCUT2D eigenvalue weighted by Gasteiger charge is 2.17. The molecule has 0 aliphatic heterocycles.